The molecule has 16 heteroatoms. The molecule has 3 aromatic rings. The summed E-state index contributed by atoms with van der Waals surface area (Å²) in [5.74, 6) is 0.145. The number of benzene rings is 2. The average molecular weight is 732 g/mol. The van der Waals surface area contributed by atoms with Crippen LogP contribution in [0.3, 0.4) is 0 Å². The lowest BCUT2D eigenvalue weighted by atomic mass is 9.71. The van der Waals surface area contributed by atoms with Crippen LogP contribution in [-0.4, -0.2) is 95.4 Å². The van der Waals surface area contributed by atoms with Crippen LogP contribution in [0.15, 0.2) is 16.7 Å². The van der Waals surface area contributed by atoms with E-state index in [-0.39, 0.29) is 36.6 Å². The zero-order valence-electron chi connectivity index (χ0n) is 29.3. The Bertz CT molecular complexity index is 2080. The molecule has 9 rings (SSSR count). The predicted molar refractivity (Wildman–Crippen MR) is 182 cm³/mol. The normalized spacial score (nSPS) is 27.4. The standard InChI is InChI=1S/C36H37N5O10S/c1-14-7-18-9-21-22(10-37)41-23-11-47-36(45)20(38-35(44)19-8-15(2)51-39-19)12-52-34(28(41)27(40(21)5)24(18)29(43)30(14)46-6)26-25(23)33-32(48-13-49-33)16(3)31(26)50-17(4)42/h7-8,20-23,27-28,34,43H,9,11-13H2,1-6H3,(H,38,44)/t20?,21-,22+,23-,27-,28-,34-/m1/s1. The number of nitrogens with one attached hydrogen (secondary N) is 1. The summed E-state index contributed by atoms with van der Waals surface area (Å²) in [7, 11) is 3.46. The number of phenolic OH excluding ortho intramolecular Hbond substituents is 1. The molecular formula is C36H37N5O10S. The van der Waals surface area contributed by atoms with Gasteiger partial charge in [-0.05, 0) is 45.4 Å². The Morgan fingerprint density at radius 2 is 1.88 bits per heavy atom. The summed E-state index contributed by atoms with van der Waals surface area (Å²) in [5, 5.41) is 28.8. The summed E-state index contributed by atoms with van der Waals surface area (Å²) in [6, 6.07) is 2.11. The van der Waals surface area contributed by atoms with Crippen molar-refractivity contribution in [1.82, 2.24) is 20.3 Å². The Morgan fingerprint density at radius 1 is 1.12 bits per heavy atom. The molecule has 6 aliphatic rings. The molecule has 7 atom stereocenters. The van der Waals surface area contributed by atoms with E-state index in [0.717, 1.165) is 11.1 Å². The van der Waals surface area contributed by atoms with Gasteiger partial charge in [-0.25, -0.2) is 4.79 Å². The quantitative estimate of drug-likeness (QED) is 0.294. The fraction of sp³-hybridized carbons (Fsp3) is 0.472. The van der Waals surface area contributed by atoms with Crippen molar-refractivity contribution in [3.8, 4) is 34.8 Å². The molecule has 1 amide bonds. The van der Waals surface area contributed by atoms with E-state index in [2.05, 4.69) is 26.3 Å². The van der Waals surface area contributed by atoms with Gasteiger partial charge in [-0.15, -0.1) is 11.8 Å². The van der Waals surface area contributed by atoms with Crippen molar-refractivity contribution >= 4 is 29.6 Å². The number of likely N-dealkylation sites (N-methyl/N-ethyl adjacent to an activating group) is 1. The molecule has 0 saturated carbocycles. The molecule has 2 N–H and O–H groups in total. The van der Waals surface area contributed by atoms with Gasteiger partial charge in [0.05, 0.1) is 30.5 Å². The third-order valence-electron chi connectivity index (χ3n) is 10.8. The number of hydrogen-bond donors (Lipinski definition) is 2. The Labute approximate surface area is 303 Å². The molecule has 7 heterocycles. The van der Waals surface area contributed by atoms with Gasteiger partial charge < -0.3 is 38.6 Å². The Hall–Kier alpha value is -4.98. The first-order valence-electron chi connectivity index (χ1n) is 16.9. The minimum absolute atomic E-state index is 0.0151. The van der Waals surface area contributed by atoms with Gasteiger partial charge in [-0.3, -0.25) is 19.4 Å². The number of esters is 2. The predicted octanol–water partition coefficient (Wildman–Crippen LogP) is 3.33. The van der Waals surface area contributed by atoms with Crippen molar-refractivity contribution in [2.45, 2.75) is 75.6 Å². The number of nitriles is 1. The number of ether oxygens (including phenoxy) is 5. The molecule has 2 fully saturated rings. The van der Waals surface area contributed by atoms with Gasteiger partial charge >= 0.3 is 11.9 Å². The van der Waals surface area contributed by atoms with Gasteiger partial charge in [0.15, 0.2) is 28.7 Å². The van der Waals surface area contributed by atoms with Gasteiger partial charge in [0, 0.05) is 53.1 Å². The second kappa shape index (κ2) is 12.6. The summed E-state index contributed by atoms with van der Waals surface area (Å²) in [6.07, 6.45) is 0.472. The van der Waals surface area contributed by atoms with Crippen LogP contribution in [0.2, 0.25) is 0 Å². The second-order valence-electron chi connectivity index (χ2n) is 13.7. The Morgan fingerprint density at radius 3 is 2.58 bits per heavy atom. The molecule has 1 unspecified atom stereocenters. The lowest BCUT2D eigenvalue weighted by Crippen LogP contribution is -2.69. The van der Waals surface area contributed by atoms with Gasteiger partial charge in [0.25, 0.3) is 5.91 Å². The zero-order chi connectivity index (χ0) is 36.7. The van der Waals surface area contributed by atoms with E-state index in [9.17, 15) is 24.8 Å². The highest BCUT2D eigenvalue weighted by atomic mass is 32.2. The SMILES string of the molecule is COc1c(C)cc2c(c1O)[C@@H]1[C@@H]3[C@@H]4SCC(NC(=O)c5cc(C)on5)C(=O)OC[C@H](c5c6c(c(C)c(OC(C)=O)c54)OCO6)N3[C@@H](C#N)[C@@H](C2)N1C. The molecule has 272 valence electrons. The molecule has 4 bridgehead atoms. The number of aromatic nitrogens is 1. The number of thioether (sulfide) groups is 1. The molecule has 0 spiro atoms. The topological polar surface area (TPSA) is 186 Å². The fourth-order valence-electron chi connectivity index (χ4n) is 8.77. The van der Waals surface area contributed by atoms with Crippen LogP contribution in [0.4, 0.5) is 0 Å². The first kappa shape index (κ1) is 34.1. The monoisotopic (exact) mass is 731 g/mol. The number of fused-ring (bicyclic) bond motifs is 10. The number of hydrogen-bond acceptors (Lipinski definition) is 15. The van der Waals surface area contributed by atoms with Crippen LogP contribution < -0.4 is 24.3 Å². The average Bonchev–Trinajstić information content (AvgIpc) is 3.77. The number of carbonyl (C=O) groups is 3. The van der Waals surface area contributed by atoms with E-state index in [0.29, 0.717) is 57.4 Å². The fourth-order valence-corrected chi connectivity index (χ4v) is 10.3. The minimum Gasteiger partial charge on any atom is -0.504 e. The molecule has 2 saturated heterocycles. The van der Waals surface area contributed by atoms with E-state index >= 15 is 0 Å². The van der Waals surface area contributed by atoms with Gasteiger partial charge in [-0.1, -0.05) is 11.2 Å². The number of nitrogens with zero attached hydrogens (tertiary/aromatic N) is 4. The number of carbonyl (C=O) groups excluding carboxylic acids is 3. The number of aryl methyl sites for hydroxylation is 2. The van der Waals surface area contributed by atoms with Gasteiger partial charge in [0.1, 0.15) is 30.2 Å². The molecular weight excluding hydrogens is 694 g/mol. The number of rotatable bonds is 4. The van der Waals surface area contributed by atoms with Crippen LogP contribution in [0.25, 0.3) is 0 Å². The van der Waals surface area contributed by atoms with Crippen LogP contribution in [0, 0.1) is 32.1 Å². The summed E-state index contributed by atoms with van der Waals surface area (Å²) >= 11 is 1.35. The van der Waals surface area contributed by atoms with Crippen LogP contribution in [-0.2, 0) is 20.7 Å². The number of phenols is 1. The smallest absolute Gasteiger partial charge is 0.329 e. The molecule has 1 aromatic heterocycles. The van der Waals surface area contributed by atoms with E-state index in [4.69, 9.17) is 28.2 Å². The van der Waals surface area contributed by atoms with E-state index in [1.807, 2.05) is 20.0 Å². The molecule has 2 aromatic carbocycles. The zero-order valence-corrected chi connectivity index (χ0v) is 30.2. The van der Waals surface area contributed by atoms with Gasteiger partial charge in [0.2, 0.25) is 6.79 Å². The highest BCUT2D eigenvalue weighted by Gasteiger charge is 2.60. The minimum atomic E-state index is -1.10. The Kier molecular flexibility index (Phi) is 8.27. The lowest BCUT2D eigenvalue weighted by molar-refractivity contribution is -0.151. The third kappa shape index (κ3) is 5.01. The van der Waals surface area contributed by atoms with Crippen LogP contribution in [0.1, 0.15) is 73.9 Å². The summed E-state index contributed by atoms with van der Waals surface area (Å²) in [6.45, 7) is 6.33. The number of aromatic hydroxyl groups is 1. The van der Waals surface area contributed by atoms with Crippen LogP contribution in [0.5, 0.6) is 28.7 Å². The maximum Gasteiger partial charge on any atom is 0.329 e. The molecule has 52 heavy (non-hydrogen) atoms. The van der Waals surface area contributed by atoms with E-state index in [1.165, 1.54) is 31.9 Å². The van der Waals surface area contributed by atoms with Crippen molar-refractivity contribution in [3.05, 3.63) is 57.0 Å². The first-order chi connectivity index (χ1) is 24.9. The number of piperazine rings is 1. The maximum atomic E-state index is 13.8. The second-order valence-corrected chi connectivity index (χ2v) is 14.9. The summed E-state index contributed by atoms with van der Waals surface area (Å²) in [4.78, 5) is 44.0. The molecule has 0 aliphatic carbocycles. The van der Waals surface area contributed by atoms with Crippen molar-refractivity contribution in [3.63, 3.8) is 0 Å². The van der Waals surface area contributed by atoms with E-state index in [1.54, 1.807) is 13.8 Å². The number of amides is 1. The Balaban J connectivity index is 1.36. The molecule has 0 radical (unpaired) electrons. The maximum absolute atomic E-state index is 13.8. The molecule has 6 aliphatic heterocycles. The summed E-state index contributed by atoms with van der Waals surface area (Å²) in [5.41, 5.74) is 4.16. The first-order valence-corrected chi connectivity index (χ1v) is 17.9. The summed E-state index contributed by atoms with van der Waals surface area (Å²) < 4.78 is 34.9. The van der Waals surface area contributed by atoms with Crippen molar-refractivity contribution in [2.75, 3.05) is 33.3 Å². The highest BCUT2D eigenvalue weighted by Crippen LogP contribution is 2.64. The largest absolute Gasteiger partial charge is 0.504 e. The van der Waals surface area contributed by atoms with Crippen molar-refractivity contribution in [2.24, 2.45) is 0 Å². The molecule has 15 nitrogen and oxygen atoms in total. The lowest BCUT2D eigenvalue weighted by Gasteiger charge is -2.61. The van der Waals surface area contributed by atoms with Crippen molar-refractivity contribution in [1.29, 1.82) is 5.26 Å². The van der Waals surface area contributed by atoms with Crippen molar-refractivity contribution < 1.29 is 47.7 Å². The highest BCUT2D eigenvalue weighted by molar-refractivity contribution is 7.99. The van der Waals surface area contributed by atoms with Crippen LogP contribution >= 0.6 is 11.8 Å². The van der Waals surface area contributed by atoms with Gasteiger partial charge in [-0.2, -0.15) is 5.26 Å². The van der Waals surface area contributed by atoms with E-state index < -0.39 is 53.3 Å². The third-order valence-corrected chi connectivity index (χ3v) is 12.2. The number of methoxy groups -OCH3 is 1.